The van der Waals surface area contributed by atoms with Gasteiger partial charge in [0.25, 0.3) is 0 Å². The second kappa shape index (κ2) is 6.00. The standard InChI is InChI=1S/C9H17N5O/c1-4-5-11-9(10-3)12-6-8-13-7(2)15-14-8/h4-6H2,1-3H3,(H2,10,11,12). The van der Waals surface area contributed by atoms with Gasteiger partial charge in [0.05, 0.1) is 6.54 Å². The Bertz CT molecular complexity index is 320. The van der Waals surface area contributed by atoms with E-state index in [4.69, 9.17) is 4.52 Å². The van der Waals surface area contributed by atoms with Gasteiger partial charge >= 0.3 is 0 Å². The largest absolute Gasteiger partial charge is 0.356 e. The monoisotopic (exact) mass is 211 g/mol. The first-order valence-corrected chi connectivity index (χ1v) is 5.00. The van der Waals surface area contributed by atoms with E-state index in [1.807, 2.05) is 0 Å². The first kappa shape index (κ1) is 11.5. The fourth-order valence-electron chi connectivity index (χ4n) is 1.04. The molecule has 0 fully saturated rings. The molecule has 2 N–H and O–H groups in total. The number of nitrogens with one attached hydrogen (secondary N) is 2. The highest BCUT2D eigenvalue weighted by Gasteiger charge is 2.02. The second-order valence-electron chi connectivity index (χ2n) is 3.08. The number of aliphatic imine (C=N–C) groups is 1. The lowest BCUT2D eigenvalue weighted by Gasteiger charge is -2.08. The molecule has 0 saturated carbocycles. The van der Waals surface area contributed by atoms with Crippen molar-refractivity contribution in [3.05, 3.63) is 11.7 Å². The van der Waals surface area contributed by atoms with Gasteiger partial charge in [0, 0.05) is 20.5 Å². The Labute approximate surface area is 89.2 Å². The van der Waals surface area contributed by atoms with Crippen molar-refractivity contribution in [1.82, 2.24) is 20.8 Å². The molecule has 0 amide bonds. The van der Waals surface area contributed by atoms with Gasteiger partial charge in [-0.05, 0) is 6.42 Å². The zero-order valence-electron chi connectivity index (χ0n) is 9.37. The summed E-state index contributed by atoms with van der Waals surface area (Å²) in [7, 11) is 1.73. The van der Waals surface area contributed by atoms with Crippen molar-refractivity contribution in [2.24, 2.45) is 4.99 Å². The minimum Gasteiger partial charge on any atom is -0.356 e. The number of guanidine groups is 1. The van der Waals surface area contributed by atoms with Crippen molar-refractivity contribution in [2.45, 2.75) is 26.8 Å². The van der Waals surface area contributed by atoms with Crippen LogP contribution in [0.4, 0.5) is 0 Å². The Morgan fingerprint density at radius 1 is 1.47 bits per heavy atom. The van der Waals surface area contributed by atoms with Gasteiger partial charge in [-0.1, -0.05) is 12.1 Å². The molecule has 1 rings (SSSR count). The van der Waals surface area contributed by atoms with Crippen molar-refractivity contribution in [2.75, 3.05) is 13.6 Å². The summed E-state index contributed by atoms with van der Waals surface area (Å²) in [5, 5.41) is 10.0. The smallest absolute Gasteiger partial charge is 0.223 e. The Balaban J connectivity index is 2.34. The molecule has 1 aromatic heterocycles. The van der Waals surface area contributed by atoms with Crippen molar-refractivity contribution >= 4 is 5.96 Å². The third-order valence-electron chi connectivity index (χ3n) is 1.75. The number of aryl methyl sites for hydroxylation is 1. The van der Waals surface area contributed by atoms with Gasteiger partial charge in [-0.25, -0.2) is 0 Å². The Kier molecular flexibility index (Phi) is 4.59. The molecule has 0 aromatic carbocycles. The van der Waals surface area contributed by atoms with E-state index in [0.717, 1.165) is 18.9 Å². The molecular weight excluding hydrogens is 194 g/mol. The number of hydrogen-bond acceptors (Lipinski definition) is 4. The topological polar surface area (TPSA) is 75.3 Å². The van der Waals surface area contributed by atoms with Crippen LogP contribution in [0.1, 0.15) is 25.1 Å². The van der Waals surface area contributed by atoms with Gasteiger partial charge < -0.3 is 15.2 Å². The normalized spacial score (nSPS) is 11.5. The highest BCUT2D eigenvalue weighted by molar-refractivity contribution is 5.79. The average Bonchev–Trinajstić information content (AvgIpc) is 2.65. The maximum Gasteiger partial charge on any atom is 0.223 e. The van der Waals surface area contributed by atoms with Crippen molar-refractivity contribution < 1.29 is 4.52 Å². The van der Waals surface area contributed by atoms with Gasteiger partial charge in [-0.15, -0.1) is 0 Å². The summed E-state index contributed by atoms with van der Waals surface area (Å²) in [6, 6.07) is 0. The van der Waals surface area contributed by atoms with E-state index in [9.17, 15) is 0 Å². The fourth-order valence-corrected chi connectivity index (χ4v) is 1.04. The molecule has 6 nitrogen and oxygen atoms in total. The molecule has 0 unspecified atom stereocenters. The summed E-state index contributed by atoms with van der Waals surface area (Å²) in [5.74, 6) is 1.95. The molecule has 1 heterocycles. The Hall–Kier alpha value is -1.59. The van der Waals surface area contributed by atoms with E-state index in [1.54, 1.807) is 14.0 Å². The zero-order chi connectivity index (χ0) is 11.1. The Morgan fingerprint density at radius 3 is 2.80 bits per heavy atom. The van der Waals surface area contributed by atoms with E-state index in [2.05, 4.69) is 32.7 Å². The molecule has 0 radical (unpaired) electrons. The van der Waals surface area contributed by atoms with Gasteiger partial charge in [-0.2, -0.15) is 4.98 Å². The lowest BCUT2D eigenvalue weighted by molar-refractivity contribution is 0.387. The molecule has 6 heteroatoms. The van der Waals surface area contributed by atoms with Crippen LogP contribution >= 0.6 is 0 Å². The lowest BCUT2D eigenvalue weighted by atomic mass is 10.5. The van der Waals surface area contributed by atoms with E-state index >= 15 is 0 Å². The fraction of sp³-hybridized carbons (Fsp3) is 0.667. The van der Waals surface area contributed by atoms with Crippen LogP contribution in [0.15, 0.2) is 9.52 Å². The third kappa shape index (κ3) is 3.97. The summed E-state index contributed by atoms with van der Waals surface area (Å²) < 4.78 is 4.85. The predicted octanol–water partition coefficient (Wildman–Crippen LogP) is 0.453. The molecule has 0 spiro atoms. The maximum absolute atomic E-state index is 4.85. The minimum absolute atomic E-state index is 0.515. The highest BCUT2D eigenvalue weighted by atomic mass is 16.5. The SMILES string of the molecule is CCCNC(=NC)NCc1noc(C)n1. The van der Waals surface area contributed by atoms with Crippen LogP contribution in [0.3, 0.4) is 0 Å². The number of aromatic nitrogens is 2. The lowest BCUT2D eigenvalue weighted by Crippen LogP contribution is -2.37. The number of nitrogens with zero attached hydrogens (tertiary/aromatic N) is 3. The van der Waals surface area contributed by atoms with Gasteiger partial charge in [0.1, 0.15) is 0 Å². The predicted molar refractivity (Wildman–Crippen MR) is 57.5 cm³/mol. The summed E-state index contributed by atoms with van der Waals surface area (Å²) >= 11 is 0. The summed E-state index contributed by atoms with van der Waals surface area (Å²) in [6.07, 6.45) is 1.06. The average molecular weight is 211 g/mol. The van der Waals surface area contributed by atoms with Crippen LogP contribution in [-0.2, 0) is 6.54 Å². The molecule has 84 valence electrons. The van der Waals surface area contributed by atoms with Crippen LogP contribution in [-0.4, -0.2) is 29.7 Å². The summed E-state index contributed by atoms with van der Waals surface area (Å²) in [5.41, 5.74) is 0. The van der Waals surface area contributed by atoms with Crippen molar-refractivity contribution in [1.29, 1.82) is 0 Å². The van der Waals surface area contributed by atoms with Crippen molar-refractivity contribution in [3.63, 3.8) is 0 Å². The summed E-state index contributed by atoms with van der Waals surface area (Å²) in [4.78, 5) is 8.13. The van der Waals surface area contributed by atoms with Gasteiger partial charge in [0.2, 0.25) is 5.89 Å². The van der Waals surface area contributed by atoms with Crippen LogP contribution in [0, 0.1) is 6.92 Å². The molecule has 0 aliphatic rings. The Morgan fingerprint density at radius 2 is 2.27 bits per heavy atom. The molecule has 0 aliphatic carbocycles. The van der Waals surface area contributed by atoms with Crippen molar-refractivity contribution in [3.8, 4) is 0 Å². The van der Waals surface area contributed by atoms with Crippen LogP contribution in [0.25, 0.3) is 0 Å². The van der Waals surface area contributed by atoms with E-state index < -0.39 is 0 Å². The second-order valence-corrected chi connectivity index (χ2v) is 3.08. The quantitative estimate of drug-likeness (QED) is 0.558. The highest BCUT2D eigenvalue weighted by Crippen LogP contribution is 1.93. The maximum atomic E-state index is 4.85. The molecule has 15 heavy (non-hydrogen) atoms. The molecule has 0 saturated heterocycles. The van der Waals surface area contributed by atoms with E-state index in [-0.39, 0.29) is 0 Å². The van der Waals surface area contributed by atoms with Crippen LogP contribution in [0.5, 0.6) is 0 Å². The van der Waals surface area contributed by atoms with Gasteiger partial charge in [0.15, 0.2) is 11.8 Å². The molecule has 1 aromatic rings. The molecule has 0 atom stereocenters. The zero-order valence-corrected chi connectivity index (χ0v) is 9.37. The minimum atomic E-state index is 0.515. The molecule has 0 aliphatic heterocycles. The molecular formula is C9H17N5O. The first-order valence-electron chi connectivity index (χ1n) is 5.00. The first-order chi connectivity index (χ1) is 7.26. The van der Waals surface area contributed by atoms with E-state index in [0.29, 0.717) is 18.3 Å². The van der Waals surface area contributed by atoms with Gasteiger partial charge in [-0.3, -0.25) is 4.99 Å². The van der Waals surface area contributed by atoms with Crippen LogP contribution in [0.2, 0.25) is 0 Å². The van der Waals surface area contributed by atoms with Crippen LogP contribution < -0.4 is 10.6 Å². The third-order valence-corrected chi connectivity index (χ3v) is 1.75. The number of hydrogen-bond donors (Lipinski definition) is 2. The summed E-state index contributed by atoms with van der Waals surface area (Å²) in [6.45, 7) is 5.27. The number of rotatable bonds is 4. The van der Waals surface area contributed by atoms with E-state index in [1.165, 1.54) is 0 Å². The molecule has 0 bridgehead atoms.